The van der Waals surface area contributed by atoms with Crippen LogP contribution in [-0.2, 0) is 22.4 Å². The summed E-state index contributed by atoms with van der Waals surface area (Å²) in [6, 6.07) is 18.8. The van der Waals surface area contributed by atoms with Crippen LogP contribution in [0.5, 0.6) is 0 Å². The number of nitrogens with one attached hydrogen (secondary N) is 1. The van der Waals surface area contributed by atoms with Gasteiger partial charge >= 0.3 is 5.97 Å². The molecule has 0 aromatic heterocycles. The zero-order valence-electron chi connectivity index (χ0n) is 19.7. The first-order chi connectivity index (χ1) is 16.1. The molecule has 0 heterocycles. The lowest BCUT2D eigenvalue weighted by molar-refractivity contribution is -0.149. The maximum Gasteiger partial charge on any atom is 0.333 e. The third-order valence-electron chi connectivity index (χ3n) is 6.62. The number of rotatable bonds is 12. The van der Waals surface area contributed by atoms with E-state index >= 15 is 0 Å². The molecule has 0 amide bonds. The minimum absolute atomic E-state index is 0.193. The van der Waals surface area contributed by atoms with Crippen LogP contribution in [-0.4, -0.2) is 35.3 Å². The third-order valence-corrected chi connectivity index (χ3v) is 7.05. The molecule has 0 bridgehead atoms. The molecule has 0 saturated heterocycles. The highest BCUT2D eigenvalue weighted by Gasteiger charge is 2.20. The zero-order valence-corrected chi connectivity index (χ0v) is 20.5. The fourth-order valence-electron chi connectivity index (χ4n) is 4.68. The number of aliphatic carboxylic acids is 1. The number of carbonyl (C=O) groups is 1. The molecule has 0 unspecified atom stereocenters. The summed E-state index contributed by atoms with van der Waals surface area (Å²) in [5.74, 6) is 0.0201. The van der Waals surface area contributed by atoms with E-state index in [1.54, 1.807) is 0 Å². The summed E-state index contributed by atoms with van der Waals surface area (Å²) in [6.07, 6.45) is 8.11. The Labute approximate surface area is 203 Å². The van der Waals surface area contributed by atoms with Gasteiger partial charge in [0.15, 0.2) is 6.10 Å². The van der Waals surface area contributed by atoms with E-state index in [2.05, 4.69) is 41.7 Å². The summed E-state index contributed by atoms with van der Waals surface area (Å²) in [4.78, 5) is 12.3. The van der Waals surface area contributed by atoms with E-state index < -0.39 is 12.1 Å². The fraction of sp³-hybridized carbons (Fsp3) is 0.500. The number of ether oxygens (including phenoxy) is 1. The highest BCUT2D eigenvalue weighted by Crippen LogP contribution is 2.26. The Morgan fingerprint density at radius 1 is 1.06 bits per heavy atom. The summed E-state index contributed by atoms with van der Waals surface area (Å²) >= 11 is 5.88. The number of aryl methyl sites for hydroxylation is 1. The second kappa shape index (κ2) is 13.5. The second-order valence-corrected chi connectivity index (χ2v) is 9.49. The largest absolute Gasteiger partial charge is 0.479 e. The van der Waals surface area contributed by atoms with Gasteiger partial charge in [0.2, 0.25) is 0 Å². The van der Waals surface area contributed by atoms with Crippen LogP contribution in [0.2, 0.25) is 0 Å². The number of thiocarbonyl (C=S) groups is 1. The van der Waals surface area contributed by atoms with Crippen molar-refractivity contribution < 1.29 is 14.6 Å². The van der Waals surface area contributed by atoms with Gasteiger partial charge < -0.3 is 15.2 Å². The van der Waals surface area contributed by atoms with Crippen LogP contribution in [0.4, 0.5) is 0 Å². The molecule has 2 N–H and O–H groups in total. The molecule has 1 saturated carbocycles. The Morgan fingerprint density at radius 2 is 1.73 bits per heavy atom. The maximum atomic E-state index is 11.3. The zero-order chi connectivity index (χ0) is 23.5. The SMILES string of the molecule is CCO[C@H](Cc1ccc(CC[C@@H](C(=S)NCC2CCCCC2)c2ccccc2)cc1)C(=O)O. The van der Waals surface area contributed by atoms with Gasteiger partial charge in [-0.05, 0) is 55.2 Å². The molecule has 2 aromatic carbocycles. The van der Waals surface area contributed by atoms with Gasteiger partial charge in [0.25, 0.3) is 0 Å². The first-order valence-corrected chi connectivity index (χ1v) is 12.7. The predicted octanol–water partition coefficient (Wildman–Crippen LogP) is 5.93. The Balaban J connectivity index is 1.59. The molecule has 1 fully saturated rings. The maximum absolute atomic E-state index is 11.3. The van der Waals surface area contributed by atoms with Crippen LogP contribution in [0.25, 0.3) is 0 Å². The lowest BCUT2D eigenvalue weighted by Gasteiger charge is -2.25. The molecule has 3 rings (SSSR count). The van der Waals surface area contributed by atoms with E-state index in [0.29, 0.717) is 13.0 Å². The van der Waals surface area contributed by atoms with Crippen molar-refractivity contribution in [3.63, 3.8) is 0 Å². The number of carboxylic acids is 1. The van der Waals surface area contributed by atoms with Crippen LogP contribution >= 0.6 is 12.2 Å². The van der Waals surface area contributed by atoms with Crippen molar-refractivity contribution in [3.8, 4) is 0 Å². The van der Waals surface area contributed by atoms with Gasteiger partial charge in [-0.1, -0.05) is 86.1 Å². The molecule has 0 aliphatic heterocycles. The molecule has 5 heteroatoms. The van der Waals surface area contributed by atoms with Gasteiger partial charge in [0.05, 0.1) is 4.99 Å². The summed E-state index contributed by atoms with van der Waals surface area (Å²) < 4.78 is 5.34. The summed E-state index contributed by atoms with van der Waals surface area (Å²) in [5, 5.41) is 12.9. The molecule has 0 radical (unpaired) electrons. The monoisotopic (exact) mass is 467 g/mol. The van der Waals surface area contributed by atoms with E-state index in [-0.39, 0.29) is 5.92 Å². The van der Waals surface area contributed by atoms with E-state index in [0.717, 1.165) is 35.9 Å². The van der Waals surface area contributed by atoms with Crippen LogP contribution in [0, 0.1) is 5.92 Å². The molecule has 178 valence electrons. The fourth-order valence-corrected chi connectivity index (χ4v) is 5.02. The average molecular weight is 468 g/mol. The van der Waals surface area contributed by atoms with Gasteiger partial charge in [0.1, 0.15) is 0 Å². The van der Waals surface area contributed by atoms with Crippen LogP contribution in [0.3, 0.4) is 0 Å². The van der Waals surface area contributed by atoms with Crippen molar-refractivity contribution in [1.82, 2.24) is 5.32 Å². The number of carboxylic acid groups (broad SMARTS) is 1. The van der Waals surface area contributed by atoms with Crippen molar-refractivity contribution >= 4 is 23.2 Å². The number of benzene rings is 2. The van der Waals surface area contributed by atoms with Gasteiger partial charge in [-0.15, -0.1) is 0 Å². The molecular weight excluding hydrogens is 430 g/mol. The standard InChI is InChI=1S/C28H37NO3S/c1-2-32-26(28(30)31)19-22-15-13-21(14-16-22)17-18-25(24-11-7-4-8-12-24)27(33)29-20-23-9-5-3-6-10-23/h4,7-8,11-16,23,25-26H,2-3,5-6,9-10,17-20H2,1H3,(H,29,33)(H,30,31)/t25-,26-/m1/s1. The van der Waals surface area contributed by atoms with Gasteiger partial charge in [-0.3, -0.25) is 0 Å². The van der Waals surface area contributed by atoms with Crippen molar-refractivity contribution in [2.75, 3.05) is 13.2 Å². The minimum Gasteiger partial charge on any atom is -0.479 e. The Morgan fingerprint density at radius 3 is 2.36 bits per heavy atom. The van der Waals surface area contributed by atoms with Crippen LogP contribution in [0.15, 0.2) is 54.6 Å². The highest BCUT2D eigenvalue weighted by molar-refractivity contribution is 7.80. The van der Waals surface area contributed by atoms with Crippen molar-refractivity contribution in [2.24, 2.45) is 5.92 Å². The molecule has 33 heavy (non-hydrogen) atoms. The summed E-state index contributed by atoms with van der Waals surface area (Å²) in [7, 11) is 0. The minimum atomic E-state index is -0.916. The molecular formula is C28H37NO3S. The molecule has 2 atom stereocenters. The summed E-state index contributed by atoms with van der Waals surface area (Å²) in [6.45, 7) is 3.20. The topological polar surface area (TPSA) is 58.6 Å². The molecule has 2 aromatic rings. The van der Waals surface area contributed by atoms with E-state index in [1.807, 2.05) is 25.1 Å². The average Bonchev–Trinajstić information content (AvgIpc) is 2.85. The number of hydrogen-bond donors (Lipinski definition) is 2. The van der Waals surface area contributed by atoms with Gasteiger partial charge in [-0.2, -0.15) is 0 Å². The Kier molecular flexibility index (Phi) is 10.4. The highest BCUT2D eigenvalue weighted by atomic mass is 32.1. The molecule has 4 nitrogen and oxygen atoms in total. The van der Waals surface area contributed by atoms with Crippen LogP contribution in [0.1, 0.15) is 68.1 Å². The number of hydrogen-bond acceptors (Lipinski definition) is 3. The van der Waals surface area contributed by atoms with Gasteiger partial charge in [-0.25, -0.2) is 4.79 Å². The first kappa shape index (κ1) is 25.4. The second-order valence-electron chi connectivity index (χ2n) is 9.05. The van der Waals surface area contributed by atoms with E-state index in [4.69, 9.17) is 17.0 Å². The third kappa shape index (κ3) is 8.24. The first-order valence-electron chi connectivity index (χ1n) is 12.3. The molecule has 0 spiro atoms. The predicted molar refractivity (Wildman–Crippen MR) is 138 cm³/mol. The summed E-state index contributed by atoms with van der Waals surface area (Å²) in [5.41, 5.74) is 3.47. The van der Waals surface area contributed by atoms with Crippen molar-refractivity contribution in [1.29, 1.82) is 0 Å². The lowest BCUT2D eigenvalue weighted by atomic mass is 9.88. The Bertz CT molecular complexity index is 862. The van der Waals surface area contributed by atoms with E-state index in [9.17, 15) is 9.90 Å². The van der Waals surface area contributed by atoms with Crippen molar-refractivity contribution in [3.05, 3.63) is 71.3 Å². The molecule has 1 aliphatic carbocycles. The lowest BCUT2D eigenvalue weighted by Crippen LogP contribution is -2.33. The van der Waals surface area contributed by atoms with Crippen LogP contribution < -0.4 is 5.32 Å². The normalized spacial score (nSPS) is 16.2. The Hall–Kier alpha value is -2.24. The van der Waals surface area contributed by atoms with Crippen molar-refractivity contribution in [2.45, 2.75) is 70.3 Å². The molecule has 1 aliphatic rings. The van der Waals surface area contributed by atoms with Gasteiger partial charge in [0, 0.05) is 25.5 Å². The smallest absolute Gasteiger partial charge is 0.333 e. The quantitative estimate of drug-likeness (QED) is 0.379. The van der Waals surface area contributed by atoms with E-state index in [1.165, 1.54) is 43.2 Å².